The second kappa shape index (κ2) is 7.23. The second-order valence-corrected chi connectivity index (χ2v) is 6.19. The van der Waals surface area contributed by atoms with Crippen molar-refractivity contribution in [3.63, 3.8) is 0 Å². The number of nitrogens with zero attached hydrogens (tertiary/aromatic N) is 4. The van der Waals surface area contributed by atoms with E-state index in [9.17, 15) is 4.79 Å². The molecular weight excluding hydrogens is 359 g/mol. The molecule has 0 aliphatic rings. The van der Waals surface area contributed by atoms with Gasteiger partial charge in [-0.15, -0.1) is 5.10 Å². The Balaban J connectivity index is 1.80. The number of aromatic nitrogens is 5. The molecule has 12 heteroatoms. The molecule has 3 rings (SSSR count). The van der Waals surface area contributed by atoms with Gasteiger partial charge in [0.2, 0.25) is 11.9 Å². The molecule has 0 aromatic carbocycles. The number of halogens is 1. The first kappa shape index (κ1) is 19.2. The number of aromatic amines is 1. The molecule has 0 atom stereocenters. The van der Waals surface area contributed by atoms with Crippen LogP contribution in [0.15, 0.2) is 42.9 Å². The highest BCUT2D eigenvalue weighted by Crippen LogP contribution is 2.38. The van der Waals surface area contributed by atoms with E-state index in [0.717, 1.165) is 5.56 Å². The first-order valence-electron chi connectivity index (χ1n) is 7.63. The zero-order valence-corrected chi connectivity index (χ0v) is 14.7. The number of hydrogen-bond donors (Lipinski definition) is 2. The third kappa shape index (κ3) is 3.78. The van der Waals surface area contributed by atoms with Crippen LogP contribution in [0.2, 0.25) is 10.4 Å². The zero-order valence-electron chi connectivity index (χ0n) is 13.9. The van der Waals surface area contributed by atoms with Crippen LogP contribution in [0, 0.1) is 0 Å². The minimum atomic E-state index is -2.21. The highest BCUT2D eigenvalue weighted by Gasteiger charge is 2.42. The monoisotopic (exact) mass is 368 g/mol. The summed E-state index contributed by atoms with van der Waals surface area (Å²) in [5.74, 6) is -0.513. The molecule has 0 aliphatic heterocycles. The summed E-state index contributed by atoms with van der Waals surface area (Å²) in [5, 5.41) is 5.05. The Morgan fingerprint density at radius 1 is 1.11 bits per heavy atom. The normalized spacial score (nSPS) is 11.9. The van der Waals surface area contributed by atoms with Gasteiger partial charge in [-0.2, -0.15) is 4.98 Å². The topological polar surface area (TPSA) is 96.5 Å². The number of amides is 1. The van der Waals surface area contributed by atoms with E-state index in [1.807, 2.05) is 0 Å². The lowest BCUT2D eigenvalue weighted by atomic mass is 9.28. The molecule has 0 saturated carbocycles. The number of carbonyl (C=O) groups excluding carboxylic acids is 1. The Hall–Kier alpha value is -2.54. The summed E-state index contributed by atoms with van der Waals surface area (Å²) in [5.41, 5.74) is 0.948. The van der Waals surface area contributed by atoms with Gasteiger partial charge in [-0.25, -0.2) is 4.98 Å². The van der Waals surface area contributed by atoms with Crippen molar-refractivity contribution in [1.29, 1.82) is 0 Å². The fourth-order valence-corrected chi connectivity index (χ4v) is 2.32. The molecule has 3 heterocycles. The number of H-pyrrole nitrogens is 1. The van der Waals surface area contributed by atoms with Crippen LogP contribution in [0.4, 0.5) is 5.95 Å². The van der Waals surface area contributed by atoms with Crippen LogP contribution < -0.4 is 5.32 Å². The summed E-state index contributed by atoms with van der Waals surface area (Å²) in [6.07, 6.45) is 4.48. The van der Waals surface area contributed by atoms with Crippen molar-refractivity contribution < 1.29 is 4.79 Å². The molecule has 0 spiro atoms. The largest absolute Gasteiger partial charge is 0.294 e. The van der Waals surface area contributed by atoms with Crippen LogP contribution in [0.5, 0.6) is 0 Å². The summed E-state index contributed by atoms with van der Waals surface area (Å²) < 4.78 is 0. The van der Waals surface area contributed by atoms with Gasteiger partial charge in [-0.1, -0.05) is 22.9 Å². The lowest BCUT2D eigenvalue weighted by molar-refractivity contribution is -0.117. The van der Waals surface area contributed by atoms with Gasteiger partial charge in [0.05, 0.1) is 31.4 Å². The van der Waals surface area contributed by atoms with Gasteiger partial charge in [-0.3, -0.25) is 20.2 Å². The van der Waals surface area contributed by atoms with E-state index in [4.69, 9.17) is 43.0 Å². The van der Waals surface area contributed by atoms with Crippen molar-refractivity contribution >= 4 is 54.8 Å². The molecule has 0 saturated heterocycles. The number of hydrogen-bond acceptors (Lipinski definition) is 5. The van der Waals surface area contributed by atoms with E-state index in [0.29, 0.717) is 5.82 Å². The lowest BCUT2D eigenvalue weighted by Crippen LogP contribution is -2.50. The highest BCUT2D eigenvalue weighted by molar-refractivity contribution is 6.62. The van der Waals surface area contributed by atoms with Crippen molar-refractivity contribution in [2.24, 2.45) is 0 Å². The predicted molar refractivity (Wildman–Crippen MR) is 105 cm³/mol. The van der Waals surface area contributed by atoms with E-state index in [-0.39, 0.29) is 16.7 Å². The van der Waals surface area contributed by atoms with Crippen molar-refractivity contribution in [1.82, 2.24) is 25.1 Å². The van der Waals surface area contributed by atoms with Crippen LogP contribution in [0.1, 0.15) is 5.56 Å². The minimum Gasteiger partial charge on any atom is -0.294 e. The number of nitrogens with one attached hydrogen (secondary N) is 2. The lowest BCUT2D eigenvalue weighted by Gasteiger charge is -2.42. The van der Waals surface area contributed by atoms with E-state index in [2.05, 4.69) is 30.5 Å². The van der Waals surface area contributed by atoms with Crippen LogP contribution in [0.3, 0.4) is 0 Å². The Morgan fingerprint density at radius 3 is 2.44 bits per heavy atom. The smallest absolute Gasteiger partial charge is 0.249 e. The van der Waals surface area contributed by atoms with Gasteiger partial charge in [-0.05, 0) is 29.0 Å². The first-order chi connectivity index (χ1) is 12.7. The van der Waals surface area contributed by atoms with Gasteiger partial charge < -0.3 is 0 Å². The number of pyridine rings is 2. The van der Waals surface area contributed by atoms with Crippen molar-refractivity contribution in [3.05, 3.63) is 53.6 Å². The maximum atomic E-state index is 12.6. The van der Waals surface area contributed by atoms with Gasteiger partial charge >= 0.3 is 0 Å². The fourth-order valence-electron chi connectivity index (χ4n) is 2.21. The maximum absolute atomic E-state index is 12.6. The Morgan fingerprint density at radius 2 is 1.81 bits per heavy atom. The van der Waals surface area contributed by atoms with Crippen LogP contribution in [-0.4, -0.2) is 62.4 Å². The third-order valence-corrected chi connectivity index (χ3v) is 4.15. The molecule has 3 aromatic heterocycles. The fraction of sp³-hybridized carbons (Fsp3) is 0.133. The molecule has 3 aromatic rings. The quantitative estimate of drug-likeness (QED) is 0.505. The van der Waals surface area contributed by atoms with Gasteiger partial charge in [0.15, 0.2) is 5.82 Å². The summed E-state index contributed by atoms with van der Waals surface area (Å²) >= 11 is 5.74. The van der Waals surface area contributed by atoms with E-state index in [1.54, 1.807) is 24.5 Å². The Kier molecular flexibility index (Phi) is 5.15. The molecule has 0 bridgehead atoms. The van der Waals surface area contributed by atoms with Gasteiger partial charge in [0.25, 0.3) is 0 Å². The van der Waals surface area contributed by atoms with E-state index >= 15 is 0 Å². The third-order valence-electron chi connectivity index (χ3n) is 3.93. The van der Waals surface area contributed by atoms with Crippen LogP contribution in [0.25, 0.3) is 11.4 Å². The van der Waals surface area contributed by atoms with Crippen LogP contribution in [-0.2, 0) is 10.0 Å². The Bertz CT molecular complexity index is 948. The first-order valence-corrected chi connectivity index (χ1v) is 8.01. The zero-order chi connectivity index (χ0) is 19.7. The van der Waals surface area contributed by atoms with E-state index in [1.165, 1.54) is 18.3 Å². The molecule has 8 radical (unpaired) electrons. The molecule has 27 heavy (non-hydrogen) atoms. The standard InChI is InChI=1S/C15H9B4ClN6O/c16-14(17,9-1-2-10(20)22-7-9)15(18,19)12(27)24-13-23-11(25-26-13)8-3-5-21-6-4-8/h1-7H,(H2,23,24,25,26,27). The molecule has 0 unspecified atom stereocenters. The average Bonchev–Trinajstić information content (AvgIpc) is 3.11. The molecule has 1 amide bonds. The second-order valence-electron chi connectivity index (χ2n) is 5.81. The maximum Gasteiger partial charge on any atom is 0.249 e. The number of rotatable bonds is 5. The summed E-state index contributed by atoms with van der Waals surface area (Å²) in [7, 11) is 24.0. The molecule has 0 aliphatic carbocycles. The molecular formula is C15H9B4ClN6O. The molecule has 2 N–H and O–H groups in total. The Labute approximate surface area is 165 Å². The minimum absolute atomic E-state index is 0.0443. The summed E-state index contributed by atoms with van der Waals surface area (Å²) in [6.45, 7) is 0. The van der Waals surface area contributed by atoms with E-state index < -0.39 is 16.3 Å². The SMILES string of the molecule is [B]C([B])(C(=O)Nc1n[nH]c(-c2ccncc2)n1)C([B])([B])c1ccc(Cl)nc1. The van der Waals surface area contributed by atoms with Gasteiger partial charge in [0, 0.05) is 24.2 Å². The summed E-state index contributed by atoms with van der Waals surface area (Å²) in [6, 6.07) is 6.38. The molecule has 0 fully saturated rings. The van der Waals surface area contributed by atoms with Gasteiger partial charge in [0.1, 0.15) is 5.15 Å². The average molecular weight is 368 g/mol. The number of carbonyl (C=O) groups is 1. The molecule has 124 valence electrons. The summed E-state index contributed by atoms with van der Waals surface area (Å²) in [4.78, 5) is 24.5. The van der Waals surface area contributed by atoms with Crippen LogP contribution >= 0.6 is 11.6 Å². The highest BCUT2D eigenvalue weighted by atomic mass is 35.5. The van der Waals surface area contributed by atoms with Crippen molar-refractivity contribution in [2.75, 3.05) is 5.32 Å². The predicted octanol–water partition coefficient (Wildman–Crippen LogP) is 0.497. The van der Waals surface area contributed by atoms with Crippen molar-refractivity contribution in [3.8, 4) is 11.4 Å². The molecule has 7 nitrogen and oxygen atoms in total. The number of anilines is 1. The van der Waals surface area contributed by atoms with Crippen molar-refractivity contribution in [2.45, 2.75) is 10.4 Å².